The van der Waals surface area contributed by atoms with Crippen LogP contribution in [0, 0.1) is 0 Å². The number of para-hydroxylation sites is 1. The lowest BCUT2D eigenvalue weighted by molar-refractivity contribution is 0.0846. The smallest absolute Gasteiger partial charge is 0.235 e. The van der Waals surface area contributed by atoms with E-state index in [0.717, 1.165) is 21.4 Å². The summed E-state index contributed by atoms with van der Waals surface area (Å²) in [5, 5.41) is 0. The Morgan fingerprint density at radius 1 is 1.33 bits per heavy atom. The summed E-state index contributed by atoms with van der Waals surface area (Å²) in [4.78, 5) is 16.9. The van der Waals surface area contributed by atoms with Crippen LogP contribution in [0.1, 0.15) is 41.0 Å². The number of ketones is 1. The number of carbonyl (C=O) groups excluding carboxylic acids is 1. The third kappa shape index (κ3) is 2.41. The number of rotatable bonds is 3. The van der Waals surface area contributed by atoms with Gasteiger partial charge in [0.1, 0.15) is 17.1 Å². The maximum atomic E-state index is 13.4. The van der Waals surface area contributed by atoms with Crippen LogP contribution in [0.5, 0.6) is 5.75 Å². The molecule has 1 aromatic carbocycles. The number of hydrogen-bond acceptors (Lipinski definition) is 3. The van der Waals surface area contributed by atoms with Gasteiger partial charge < -0.3 is 9.14 Å². The molecule has 2 heterocycles. The van der Waals surface area contributed by atoms with Crippen molar-refractivity contribution in [3.63, 3.8) is 0 Å². The molecule has 0 saturated carbocycles. The molecule has 1 aliphatic carbocycles. The summed E-state index contributed by atoms with van der Waals surface area (Å²) >= 11 is 3.46. The normalized spacial score (nSPS) is 18.0. The molecule has 122 valence electrons. The molecule has 0 amide bonds. The molecule has 0 bridgehead atoms. The van der Waals surface area contributed by atoms with Gasteiger partial charge in [-0.3, -0.25) is 4.79 Å². The molecule has 1 aliphatic rings. The summed E-state index contributed by atoms with van der Waals surface area (Å²) in [5.74, 6) is 0.257. The lowest BCUT2D eigenvalue weighted by atomic mass is 9.95. The Hall–Kier alpha value is -2.21. The van der Waals surface area contributed by atoms with Crippen LogP contribution in [-0.2, 0) is 0 Å². The van der Waals surface area contributed by atoms with Gasteiger partial charge in [-0.15, -0.1) is 0 Å². The minimum atomic E-state index is -1.42. The van der Waals surface area contributed by atoms with Gasteiger partial charge in [-0.05, 0) is 34.1 Å². The number of hydrogen-bond donors (Lipinski definition) is 0. The largest absolute Gasteiger partial charge is 0.460 e. The van der Waals surface area contributed by atoms with E-state index in [0.29, 0.717) is 17.9 Å². The molecule has 3 aromatic rings. The number of halogens is 2. The molecule has 2 unspecified atom stereocenters. The van der Waals surface area contributed by atoms with E-state index in [9.17, 15) is 9.18 Å². The van der Waals surface area contributed by atoms with Crippen LogP contribution < -0.4 is 4.74 Å². The number of nitrogens with zero attached hydrogens (tertiary/aromatic N) is 2. The molecule has 6 heteroatoms. The van der Waals surface area contributed by atoms with Gasteiger partial charge in [0.25, 0.3) is 0 Å². The van der Waals surface area contributed by atoms with E-state index in [1.165, 1.54) is 6.92 Å². The van der Waals surface area contributed by atoms with Gasteiger partial charge in [-0.1, -0.05) is 18.2 Å². The molecule has 0 N–H and O–H groups in total. The quantitative estimate of drug-likeness (QED) is 0.662. The SMILES string of the molecule is CC(F)Oc1ccccc1C1CC(=O)c2nc3ccc(Br)cn3c21. The van der Waals surface area contributed by atoms with Crippen molar-refractivity contribution in [3.05, 3.63) is 64.0 Å². The zero-order valence-corrected chi connectivity index (χ0v) is 14.5. The number of aromatic nitrogens is 2. The van der Waals surface area contributed by atoms with Crippen LogP contribution >= 0.6 is 15.9 Å². The van der Waals surface area contributed by atoms with Crippen LogP contribution in [-0.4, -0.2) is 21.5 Å². The van der Waals surface area contributed by atoms with Gasteiger partial charge in [-0.2, -0.15) is 0 Å². The number of ether oxygens (including phenoxy) is 1. The second kappa shape index (κ2) is 5.70. The number of benzene rings is 1. The number of Topliss-reactive ketones (excluding diaryl/α,β-unsaturated/α-hetero) is 1. The number of imidazole rings is 1. The maximum Gasteiger partial charge on any atom is 0.235 e. The summed E-state index contributed by atoms with van der Waals surface area (Å²) in [6, 6.07) is 11.0. The summed E-state index contributed by atoms with van der Waals surface area (Å²) in [6.07, 6.45) is 0.793. The van der Waals surface area contributed by atoms with E-state index < -0.39 is 6.36 Å². The molecule has 2 atom stereocenters. The lowest BCUT2D eigenvalue weighted by Crippen LogP contribution is -2.09. The van der Waals surface area contributed by atoms with E-state index in [-0.39, 0.29) is 11.7 Å². The first-order valence-corrected chi connectivity index (χ1v) is 8.44. The van der Waals surface area contributed by atoms with Crippen LogP contribution in [0.2, 0.25) is 0 Å². The van der Waals surface area contributed by atoms with E-state index >= 15 is 0 Å². The van der Waals surface area contributed by atoms with Crippen LogP contribution in [0.25, 0.3) is 5.65 Å². The molecular formula is C18H14BrFN2O2. The molecule has 24 heavy (non-hydrogen) atoms. The van der Waals surface area contributed by atoms with Crippen molar-refractivity contribution in [2.75, 3.05) is 0 Å². The highest BCUT2D eigenvalue weighted by Gasteiger charge is 2.37. The van der Waals surface area contributed by atoms with Gasteiger partial charge in [0.2, 0.25) is 6.36 Å². The number of fused-ring (bicyclic) bond motifs is 3. The first-order valence-electron chi connectivity index (χ1n) is 7.65. The first-order chi connectivity index (χ1) is 11.5. The molecule has 0 fully saturated rings. The summed E-state index contributed by atoms with van der Waals surface area (Å²) in [7, 11) is 0. The maximum absolute atomic E-state index is 13.4. The van der Waals surface area contributed by atoms with Gasteiger partial charge in [-0.25, -0.2) is 9.37 Å². The van der Waals surface area contributed by atoms with Crippen LogP contribution in [0.15, 0.2) is 47.1 Å². The van der Waals surface area contributed by atoms with Crippen LogP contribution in [0.4, 0.5) is 4.39 Å². The third-order valence-corrected chi connectivity index (χ3v) is 4.66. The average molecular weight is 389 g/mol. The van der Waals surface area contributed by atoms with Crippen molar-refractivity contribution < 1.29 is 13.9 Å². The van der Waals surface area contributed by atoms with E-state index in [2.05, 4.69) is 20.9 Å². The molecule has 4 rings (SSSR count). The minimum absolute atomic E-state index is 0.00192. The Labute approximate surface area is 146 Å². The highest BCUT2D eigenvalue weighted by atomic mass is 79.9. The highest BCUT2D eigenvalue weighted by Crippen LogP contribution is 2.42. The molecular weight excluding hydrogens is 375 g/mol. The Balaban J connectivity index is 1.90. The standard InChI is InChI=1S/C18H14BrFN2O2/c1-10(20)24-15-5-3-2-4-12(15)13-8-14(23)17-18(13)22-9-11(19)6-7-16(22)21-17/h2-7,9-10,13H,8H2,1H3. The Morgan fingerprint density at radius 2 is 2.12 bits per heavy atom. The second-order valence-corrected chi connectivity index (χ2v) is 6.72. The lowest BCUT2D eigenvalue weighted by Gasteiger charge is -2.17. The highest BCUT2D eigenvalue weighted by molar-refractivity contribution is 9.10. The van der Waals surface area contributed by atoms with E-state index in [4.69, 9.17) is 4.74 Å². The zero-order valence-electron chi connectivity index (χ0n) is 12.9. The molecule has 0 aliphatic heterocycles. The number of pyridine rings is 1. The van der Waals surface area contributed by atoms with E-state index in [1.807, 2.05) is 34.9 Å². The van der Waals surface area contributed by atoms with Crippen molar-refractivity contribution >= 4 is 27.4 Å². The summed E-state index contributed by atoms with van der Waals surface area (Å²) < 4.78 is 21.5. The number of carbonyl (C=O) groups is 1. The van der Waals surface area contributed by atoms with Crippen molar-refractivity contribution in [2.24, 2.45) is 0 Å². The molecule has 0 radical (unpaired) electrons. The predicted molar refractivity (Wildman–Crippen MR) is 91.3 cm³/mol. The number of alkyl halides is 1. The summed E-state index contributed by atoms with van der Waals surface area (Å²) in [6.45, 7) is 1.34. The van der Waals surface area contributed by atoms with E-state index in [1.54, 1.807) is 12.1 Å². The predicted octanol–water partition coefficient (Wildman–Crippen LogP) is 4.51. The van der Waals surface area contributed by atoms with Crippen molar-refractivity contribution in [1.82, 2.24) is 9.38 Å². The molecule has 0 saturated heterocycles. The molecule has 2 aromatic heterocycles. The fraction of sp³-hybridized carbons (Fsp3) is 0.222. The average Bonchev–Trinajstić information content (AvgIpc) is 3.05. The topological polar surface area (TPSA) is 43.6 Å². The van der Waals surface area contributed by atoms with Gasteiger partial charge >= 0.3 is 0 Å². The summed E-state index contributed by atoms with van der Waals surface area (Å²) in [5.41, 5.74) is 2.84. The van der Waals surface area contributed by atoms with Crippen molar-refractivity contribution in [2.45, 2.75) is 25.6 Å². The molecule has 4 nitrogen and oxygen atoms in total. The fourth-order valence-electron chi connectivity index (χ4n) is 3.26. The Bertz CT molecular complexity index is 951. The van der Waals surface area contributed by atoms with Crippen molar-refractivity contribution in [3.8, 4) is 5.75 Å². The Morgan fingerprint density at radius 3 is 2.92 bits per heavy atom. The minimum Gasteiger partial charge on any atom is -0.460 e. The first kappa shape index (κ1) is 15.3. The zero-order chi connectivity index (χ0) is 16.8. The van der Waals surface area contributed by atoms with Gasteiger partial charge in [0, 0.05) is 35.5 Å². The van der Waals surface area contributed by atoms with Crippen molar-refractivity contribution in [1.29, 1.82) is 0 Å². The fourth-order valence-corrected chi connectivity index (χ4v) is 3.60. The monoisotopic (exact) mass is 388 g/mol. The Kier molecular flexibility index (Phi) is 3.64. The molecule has 0 spiro atoms. The second-order valence-electron chi connectivity index (χ2n) is 5.80. The van der Waals surface area contributed by atoms with Gasteiger partial charge in [0.15, 0.2) is 5.78 Å². The van der Waals surface area contributed by atoms with Gasteiger partial charge in [0.05, 0.1) is 5.69 Å². The third-order valence-electron chi connectivity index (χ3n) is 4.19. The van der Waals surface area contributed by atoms with Crippen LogP contribution in [0.3, 0.4) is 0 Å².